The number of aromatic nitrogens is 3. The third-order valence-corrected chi connectivity index (χ3v) is 6.67. The van der Waals surface area contributed by atoms with Crippen LogP contribution in [0.2, 0.25) is 0 Å². The molecule has 0 radical (unpaired) electrons. The minimum absolute atomic E-state index is 0.106. The Hall–Kier alpha value is -3.79. The Kier molecular flexibility index (Phi) is 5.29. The van der Waals surface area contributed by atoms with E-state index in [2.05, 4.69) is 10.4 Å². The lowest BCUT2D eigenvalue weighted by Crippen LogP contribution is -2.24. The van der Waals surface area contributed by atoms with Gasteiger partial charge in [-0.3, -0.25) is 4.79 Å². The summed E-state index contributed by atoms with van der Waals surface area (Å²) in [6, 6.07) is 9.45. The van der Waals surface area contributed by atoms with Gasteiger partial charge in [-0.2, -0.15) is 9.78 Å². The molecule has 0 spiro atoms. The Labute approximate surface area is 193 Å². The third-order valence-electron chi connectivity index (χ3n) is 5.68. The number of carbonyl (C=O) groups excluding carboxylic acids is 1. The Bertz CT molecular complexity index is 1340. The minimum Gasteiger partial charge on any atom is -0.497 e. The van der Waals surface area contributed by atoms with Crippen LogP contribution in [0, 0.1) is 0 Å². The summed E-state index contributed by atoms with van der Waals surface area (Å²) in [5.74, 6) is 2.60. The van der Waals surface area contributed by atoms with Crippen molar-refractivity contribution in [2.24, 2.45) is 0 Å². The third kappa shape index (κ3) is 3.52. The number of benzene rings is 2. The van der Waals surface area contributed by atoms with Crippen LogP contribution in [0.25, 0.3) is 15.3 Å². The van der Waals surface area contributed by atoms with Gasteiger partial charge in [0.2, 0.25) is 16.8 Å². The molecule has 2 aromatic heterocycles. The summed E-state index contributed by atoms with van der Waals surface area (Å²) < 4.78 is 24.4. The lowest BCUT2D eigenvalue weighted by atomic mass is 9.87. The van der Waals surface area contributed by atoms with E-state index in [1.54, 1.807) is 39.3 Å². The molecule has 5 rings (SSSR count). The maximum Gasteiger partial charge on any atom is 0.226 e. The normalized spacial score (nSPS) is 15.2. The molecule has 170 valence electrons. The molecule has 10 heteroatoms. The predicted octanol–water partition coefficient (Wildman–Crippen LogP) is 3.99. The SMILES string of the molecule is COc1ccc2nc(-n3ncc4c3NC(=O)C[C@@H]4c3cc(OC)c(OC)c(OC)c3)sc2c1. The highest BCUT2D eigenvalue weighted by Gasteiger charge is 2.32. The molecule has 0 saturated carbocycles. The van der Waals surface area contributed by atoms with Gasteiger partial charge in [0.25, 0.3) is 0 Å². The van der Waals surface area contributed by atoms with E-state index in [9.17, 15) is 4.79 Å². The zero-order chi connectivity index (χ0) is 23.1. The van der Waals surface area contributed by atoms with Crippen LogP contribution < -0.4 is 24.3 Å². The number of hydrogen-bond acceptors (Lipinski definition) is 8. The molecule has 0 bridgehead atoms. The lowest BCUT2D eigenvalue weighted by molar-refractivity contribution is -0.116. The van der Waals surface area contributed by atoms with E-state index < -0.39 is 0 Å². The molecule has 1 atom stereocenters. The Balaban J connectivity index is 1.60. The maximum absolute atomic E-state index is 12.7. The van der Waals surface area contributed by atoms with Crippen molar-refractivity contribution in [3.8, 4) is 28.1 Å². The monoisotopic (exact) mass is 466 g/mol. The number of methoxy groups -OCH3 is 4. The second-order valence-electron chi connectivity index (χ2n) is 7.45. The first-order valence-corrected chi connectivity index (χ1v) is 11.0. The molecule has 4 aromatic rings. The second-order valence-corrected chi connectivity index (χ2v) is 8.46. The maximum atomic E-state index is 12.7. The highest BCUT2D eigenvalue weighted by Crippen LogP contribution is 2.45. The molecule has 1 aliphatic rings. The second kappa shape index (κ2) is 8.28. The lowest BCUT2D eigenvalue weighted by Gasteiger charge is -2.24. The van der Waals surface area contributed by atoms with Gasteiger partial charge in [0.1, 0.15) is 11.6 Å². The highest BCUT2D eigenvalue weighted by atomic mass is 32.1. The molecule has 1 amide bonds. The van der Waals surface area contributed by atoms with Crippen molar-refractivity contribution < 1.29 is 23.7 Å². The van der Waals surface area contributed by atoms with Gasteiger partial charge in [0.15, 0.2) is 11.5 Å². The minimum atomic E-state index is -0.231. The number of nitrogens with one attached hydrogen (secondary N) is 1. The van der Waals surface area contributed by atoms with Crippen molar-refractivity contribution in [2.75, 3.05) is 33.8 Å². The summed E-state index contributed by atoms with van der Waals surface area (Å²) in [6.45, 7) is 0. The fraction of sp³-hybridized carbons (Fsp3) is 0.261. The average molecular weight is 467 g/mol. The van der Waals surface area contributed by atoms with E-state index >= 15 is 0 Å². The van der Waals surface area contributed by atoms with E-state index in [0.29, 0.717) is 28.2 Å². The van der Waals surface area contributed by atoms with Gasteiger partial charge in [0, 0.05) is 17.9 Å². The van der Waals surface area contributed by atoms with Gasteiger partial charge in [-0.25, -0.2) is 4.98 Å². The molecule has 3 heterocycles. The Morgan fingerprint density at radius 1 is 1.03 bits per heavy atom. The number of ether oxygens (including phenoxy) is 4. The number of anilines is 1. The van der Waals surface area contributed by atoms with Crippen LogP contribution in [-0.2, 0) is 4.79 Å². The first-order chi connectivity index (χ1) is 16.1. The van der Waals surface area contributed by atoms with Crippen LogP contribution in [0.4, 0.5) is 5.82 Å². The molecular formula is C23H22N4O5S. The highest BCUT2D eigenvalue weighted by molar-refractivity contribution is 7.20. The van der Waals surface area contributed by atoms with Crippen LogP contribution in [0.3, 0.4) is 0 Å². The van der Waals surface area contributed by atoms with Crippen LogP contribution in [0.5, 0.6) is 23.0 Å². The van der Waals surface area contributed by atoms with Gasteiger partial charge in [-0.15, -0.1) is 0 Å². The van der Waals surface area contributed by atoms with Crippen LogP contribution in [-0.4, -0.2) is 49.1 Å². The number of hydrogen-bond donors (Lipinski definition) is 1. The summed E-state index contributed by atoms with van der Waals surface area (Å²) in [7, 11) is 6.33. The standard InChI is InChI=1S/C23H22N4O5S/c1-29-13-5-6-16-19(9-13)33-23(25-16)27-22-15(11-24-27)14(10-20(28)26-22)12-7-17(30-2)21(32-4)18(8-12)31-3/h5-9,11,14H,10H2,1-4H3,(H,26,28)/t14-/m1/s1. The van der Waals surface area contributed by atoms with Crippen molar-refractivity contribution in [3.63, 3.8) is 0 Å². The van der Waals surface area contributed by atoms with Gasteiger partial charge in [-0.1, -0.05) is 11.3 Å². The van der Waals surface area contributed by atoms with Crippen molar-refractivity contribution in [1.82, 2.24) is 14.8 Å². The van der Waals surface area contributed by atoms with E-state index in [4.69, 9.17) is 23.9 Å². The summed E-state index contributed by atoms with van der Waals surface area (Å²) in [5, 5.41) is 8.19. The molecule has 1 N–H and O–H groups in total. The summed E-state index contributed by atoms with van der Waals surface area (Å²) in [4.78, 5) is 17.4. The summed E-state index contributed by atoms with van der Waals surface area (Å²) >= 11 is 1.47. The van der Waals surface area contributed by atoms with E-state index in [1.165, 1.54) is 11.3 Å². The number of fused-ring (bicyclic) bond motifs is 2. The molecule has 0 aliphatic carbocycles. The van der Waals surface area contributed by atoms with Crippen molar-refractivity contribution >= 4 is 33.3 Å². The van der Waals surface area contributed by atoms with Crippen molar-refractivity contribution in [1.29, 1.82) is 0 Å². The van der Waals surface area contributed by atoms with Gasteiger partial charge in [-0.05, 0) is 35.9 Å². The van der Waals surface area contributed by atoms with E-state index in [0.717, 1.165) is 27.1 Å². The molecule has 9 nitrogen and oxygen atoms in total. The fourth-order valence-electron chi connectivity index (χ4n) is 4.08. The first kappa shape index (κ1) is 21.1. The van der Waals surface area contributed by atoms with Crippen LogP contribution in [0.1, 0.15) is 23.5 Å². The van der Waals surface area contributed by atoms with Gasteiger partial charge in [0.05, 0.1) is 44.9 Å². The summed E-state index contributed by atoms with van der Waals surface area (Å²) in [6.07, 6.45) is 2.05. The van der Waals surface area contributed by atoms with Crippen molar-refractivity contribution in [2.45, 2.75) is 12.3 Å². The van der Waals surface area contributed by atoms with Crippen LogP contribution >= 0.6 is 11.3 Å². The summed E-state index contributed by atoms with van der Waals surface area (Å²) in [5.41, 5.74) is 2.60. The zero-order valence-corrected chi connectivity index (χ0v) is 19.4. The molecule has 1 aliphatic heterocycles. The molecule has 33 heavy (non-hydrogen) atoms. The van der Waals surface area contributed by atoms with E-state index in [1.807, 2.05) is 30.3 Å². The average Bonchev–Trinajstić information content (AvgIpc) is 3.45. The molecule has 0 saturated heterocycles. The molecule has 0 unspecified atom stereocenters. The van der Waals surface area contributed by atoms with Crippen molar-refractivity contribution in [3.05, 3.63) is 47.7 Å². The number of rotatable bonds is 6. The van der Waals surface area contributed by atoms with Gasteiger partial charge >= 0.3 is 0 Å². The topological polar surface area (TPSA) is 96.7 Å². The molecule has 0 fully saturated rings. The quantitative estimate of drug-likeness (QED) is 0.459. The predicted molar refractivity (Wildman–Crippen MR) is 124 cm³/mol. The fourth-order valence-corrected chi connectivity index (χ4v) is 5.03. The first-order valence-electron chi connectivity index (χ1n) is 10.2. The van der Waals surface area contributed by atoms with Gasteiger partial charge < -0.3 is 24.3 Å². The zero-order valence-electron chi connectivity index (χ0n) is 18.5. The Morgan fingerprint density at radius 2 is 1.79 bits per heavy atom. The number of amides is 1. The molecular weight excluding hydrogens is 444 g/mol. The number of nitrogens with zero attached hydrogens (tertiary/aromatic N) is 3. The number of thiazole rings is 1. The number of carbonyl (C=O) groups is 1. The molecule has 2 aromatic carbocycles. The Morgan fingerprint density at radius 3 is 2.45 bits per heavy atom. The van der Waals surface area contributed by atoms with Crippen LogP contribution in [0.15, 0.2) is 36.5 Å². The largest absolute Gasteiger partial charge is 0.497 e. The smallest absolute Gasteiger partial charge is 0.226 e. The van der Waals surface area contributed by atoms with E-state index in [-0.39, 0.29) is 18.2 Å².